The van der Waals surface area contributed by atoms with Gasteiger partial charge in [-0.2, -0.15) is 13.5 Å². The third kappa shape index (κ3) is 4.32. The summed E-state index contributed by atoms with van der Waals surface area (Å²) in [6, 6.07) is 11.5. The zero-order valence-electron chi connectivity index (χ0n) is 14.1. The molecule has 2 aromatic carbocycles. The molecule has 0 bridgehead atoms. The maximum Gasteiger partial charge on any atom is 0.111 e. The third-order valence-corrected chi connectivity index (χ3v) is 5.59. The van der Waals surface area contributed by atoms with E-state index < -0.39 is 0 Å². The Labute approximate surface area is 175 Å². The van der Waals surface area contributed by atoms with Crippen LogP contribution in [0.15, 0.2) is 36.4 Å². The Kier molecular flexibility index (Phi) is 6.41. The quantitative estimate of drug-likeness (QED) is 0.553. The van der Waals surface area contributed by atoms with Crippen molar-refractivity contribution < 1.29 is 0 Å². The second-order valence-corrected chi connectivity index (χ2v) is 7.87. The lowest BCUT2D eigenvalue weighted by Crippen LogP contribution is -2.34. The van der Waals surface area contributed by atoms with Crippen molar-refractivity contribution in [2.75, 3.05) is 13.1 Å². The lowest BCUT2D eigenvalue weighted by atomic mass is 9.97. The summed E-state index contributed by atoms with van der Waals surface area (Å²) >= 11 is 18.4. The van der Waals surface area contributed by atoms with Crippen molar-refractivity contribution >= 4 is 59.3 Å². The fourth-order valence-corrected chi connectivity index (χ4v) is 4.15. The predicted octanol–water partition coefficient (Wildman–Crippen LogP) is 6.02. The van der Waals surface area contributed by atoms with Crippen LogP contribution in [0, 0.1) is 0 Å². The number of piperidine rings is 1. The van der Waals surface area contributed by atoms with Crippen LogP contribution in [0.4, 0.5) is 0 Å². The molecule has 4 rings (SSSR count). The van der Waals surface area contributed by atoms with Gasteiger partial charge in [-0.25, -0.2) is 4.98 Å². The molecule has 1 N–H and O–H groups in total. The molecule has 138 valence electrons. The highest BCUT2D eigenvalue weighted by Crippen LogP contribution is 2.30. The van der Waals surface area contributed by atoms with E-state index in [0.29, 0.717) is 10.9 Å². The summed E-state index contributed by atoms with van der Waals surface area (Å²) in [5.41, 5.74) is 3.08. The maximum absolute atomic E-state index is 6.33. The van der Waals surface area contributed by atoms with Crippen LogP contribution in [-0.2, 0) is 6.54 Å². The van der Waals surface area contributed by atoms with Crippen LogP contribution in [0.5, 0.6) is 0 Å². The fourth-order valence-electron chi connectivity index (χ4n) is 3.51. The summed E-state index contributed by atoms with van der Waals surface area (Å²) in [6.45, 7) is 2.87. The Bertz CT molecular complexity index is 912. The number of H-pyrrole nitrogens is 1. The highest BCUT2D eigenvalue weighted by Gasteiger charge is 2.24. The van der Waals surface area contributed by atoms with Crippen LogP contribution >= 0.6 is 48.3 Å². The summed E-state index contributed by atoms with van der Waals surface area (Å²) in [6.07, 6.45) is 2.28. The summed E-state index contributed by atoms with van der Waals surface area (Å²) in [4.78, 5) is 10.6. The Hall–Kier alpha value is -0.910. The van der Waals surface area contributed by atoms with Gasteiger partial charge in [0, 0.05) is 34.1 Å². The molecule has 0 amide bonds. The highest BCUT2D eigenvalue weighted by atomic mass is 35.5. The number of likely N-dealkylation sites (tertiary alicyclic amines) is 1. The summed E-state index contributed by atoms with van der Waals surface area (Å²) in [5, 5.41) is 2.13. The number of nitrogens with zero attached hydrogens (tertiary/aromatic N) is 2. The average molecular weight is 429 g/mol. The lowest BCUT2D eigenvalue weighted by molar-refractivity contribution is 0.197. The van der Waals surface area contributed by atoms with Crippen LogP contribution < -0.4 is 0 Å². The molecule has 1 aliphatic rings. The standard InChI is InChI=1S/C19H18Cl3N3.H2S/c20-14-4-3-12(16(22)8-14)10-25-7-1-2-13(11-25)19-23-17-6-5-15(21)9-18(17)24-19;/h3-6,8-9,13H,1-2,7,10-11H2,(H,23,24);1H2/t13-;/m0./s1. The molecule has 1 fully saturated rings. The molecule has 0 spiro atoms. The van der Waals surface area contributed by atoms with Gasteiger partial charge in [0.25, 0.3) is 0 Å². The third-order valence-electron chi connectivity index (χ3n) is 4.76. The normalized spacial score (nSPS) is 18.0. The molecule has 1 atom stereocenters. The van der Waals surface area contributed by atoms with Crippen LogP contribution in [0.1, 0.15) is 30.1 Å². The van der Waals surface area contributed by atoms with E-state index in [0.717, 1.165) is 64.9 Å². The number of rotatable bonds is 3. The number of imidazole rings is 1. The number of hydrogen-bond acceptors (Lipinski definition) is 2. The molecule has 1 aromatic heterocycles. The van der Waals surface area contributed by atoms with Gasteiger partial charge in [0.2, 0.25) is 0 Å². The SMILES string of the molecule is Clc1ccc(CN2CCC[C@H](c3nc4ccc(Cl)cc4[nH]3)C2)c(Cl)c1.S. The highest BCUT2D eigenvalue weighted by molar-refractivity contribution is 7.59. The van der Waals surface area contributed by atoms with E-state index in [1.165, 1.54) is 0 Å². The van der Waals surface area contributed by atoms with E-state index in [9.17, 15) is 0 Å². The largest absolute Gasteiger partial charge is 0.342 e. The maximum atomic E-state index is 6.33. The first-order chi connectivity index (χ1) is 12.1. The average Bonchev–Trinajstić information content (AvgIpc) is 3.01. The smallest absolute Gasteiger partial charge is 0.111 e. The molecule has 3 nitrogen and oxygen atoms in total. The summed E-state index contributed by atoms with van der Waals surface area (Å²) < 4.78 is 0. The van der Waals surface area contributed by atoms with Gasteiger partial charge in [0.1, 0.15) is 5.82 Å². The van der Waals surface area contributed by atoms with E-state index in [4.69, 9.17) is 39.8 Å². The molecule has 0 radical (unpaired) electrons. The van der Waals surface area contributed by atoms with Crippen LogP contribution in [0.3, 0.4) is 0 Å². The van der Waals surface area contributed by atoms with Crippen LogP contribution in [0.2, 0.25) is 15.1 Å². The number of nitrogens with one attached hydrogen (secondary N) is 1. The van der Waals surface area contributed by atoms with Crippen molar-refractivity contribution in [3.05, 3.63) is 62.9 Å². The van der Waals surface area contributed by atoms with E-state index in [1.807, 2.05) is 36.4 Å². The second-order valence-electron chi connectivity index (χ2n) is 6.59. The Balaban J connectivity index is 0.00000196. The van der Waals surface area contributed by atoms with Crippen molar-refractivity contribution in [1.29, 1.82) is 0 Å². The number of halogens is 3. The van der Waals surface area contributed by atoms with E-state index >= 15 is 0 Å². The molecule has 1 aliphatic heterocycles. The number of benzene rings is 2. The molecule has 26 heavy (non-hydrogen) atoms. The van der Waals surface area contributed by atoms with Gasteiger partial charge in [0.05, 0.1) is 11.0 Å². The van der Waals surface area contributed by atoms with Gasteiger partial charge >= 0.3 is 0 Å². The van der Waals surface area contributed by atoms with E-state index in [-0.39, 0.29) is 13.5 Å². The molecular formula is C19H20Cl3N3S. The molecule has 0 unspecified atom stereocenters. The molecule has 0 saturated carbocycles. The van der Waals surface area contributed by atoms with E-state index in [2.05, 4.69) is 9.88 Å². The van der Waals surface area contributed by atoms with Gasteiger partial charge in [-0.3, -0.25) is 4.90 Å². The van der Waals surface area contributed by atoms with Crippen molar-refractivity contribution in [2.45, 2.75) is 25.3 Å². The Morgan fingerprint density at radius 1 is 1.08 bits per heavy atom. The minimum Gasteiger partial charge on any atom is -0.342 e. The van der Waals surface area contributed by atoms with E-state index in [1.54, 1.807) is 0 Å². The molecule has 2 heterocycles. The molecular weight excluding hydrogens is 409 g/mol. The Morgan fingerprint density at radius 3 is 2.65 bits per heavy atom. The van der Waals surface area contributed by atoms with Gasteiger partial charge < -0.3 is 4.98 Å². The predicted molar refractivity (Wildman–Crippen MR) is 115 cm³/mol. The molecule has 3 aromatic rings. The monoisotopic (exact) mass is 427 g/mol. The number of hydrogen-bond donors (Lipinski definition) is 1. The lowest BCUT2D eigenvalue weighted by Gasteiger charge is -2.32. The number of fused-ring (bicyclic) bond motifs is 1. The fraction of sp³-hybridized carbons (Fsp3) is 0.316. The van der Waals surface area contributed by atoms with Crippen molar-refractivity contribution in [1.82, 2.24) is 14.9 Å². The molecule has 7 heteroatoms. The van der Waals surface area contributed by atoms with Crippen molar-refractivity contribution in [3.63, 3.8) is 0 Å². The molecule has 1 saturated heterocycles. The second kappa shape index (κ2) is 8.41. The van der Waals surface area contributed by atoms with Gasteiger partial charge in [-0.1, -0.05) is 40.9 Å². The topological polar surface area (TPSA) is 31.9 Å². The van der Waals surface area contributed by atoms with Gasteiger partial charge in [-0.15, -0.1) is 0 Å². The minimum absolute atomic E-state index is 0. The first-order valence-corrected chi connectivity index (χ1v) is 9.53. The summed E-state index contributed by atoms with van der Waals surface area (Å²) in [5.74, 6) is 1.44. The number of aromatic nitrogens is 2. The van der Waals surface area contributed by atoms with Gasteiger partial charge in [0.15, 0.2) is 0 Å². The minimum atomic E-state index is 0. The first-order valence-electron chi connectivity index (χ1n) is 8.40. The Morgan fingerprint density at radius 2 is 1.85 bits per heavy atom. The zero-order chi connectivity index (χ0) is 17.4. The zero-order valence-corrected chi connectivity index (χ0v) is 17.4. The molecule has 0 aliphatic carbocycles. The van der Waals surface area contributed by atoms with Crippen molar-refractivity contribution in [3.8, 4) is 0 Å². The first kappa shape index (κ1) is 19.8. The van der Waals surface area contributed by atoms with Crippen molar-refractivity contribution in [2.24, 2.45) is 0 Å². The van der Waals surface area contributed by atoms with Crippen LogP contribution in [-0.4, -0.2) is 28.0 Å². The summed E-state index contributed by atoms with van der Waals surface area (Å²) in [7, 11) is 0. The van der Waals surface area contributed by atoms with Gasteiger partial charge in [-0.05, 0) is 55.3 Å². The van der Waals surface area contributed by atoms with Crippen LogP contribution in [0.25, 0.3) is 11.0 Å². The number of aromatic amines is 1.